The number of nitrogens with two attached hydrogens (primary N) is 1. The van der Waals surface area contributed by atoms with Gasteiger partial charge >= 0.3 is 0 Å². The Labute approximate surface area is 124 Å². The fraction of sp³-hybridized carbons (Fsp3) is 0.400. The predicted molar refractivity (Wildman–Crippen MR) is 82.2 cm³/mol. The van der Waals surface area contributed by atoms with Crippen LogP contribution in [0.1, 0.15) is 29.4 Å². The molecule has 0 aliphatic heterocycles. The summed E-state index contributed by atoms with van der Waals surface area (Å²) in [5.41, 5.74) is 7.86. The summed E-state index contributed by atoms with van der Waals surface area (Å²) in [4.78, 5) is 18.4. The molecule has 0 bridgehead atoms. The largest absolute Gasteiger partial charge is 0.330 e. The third kappa shape index (κ3) is 3.28. The van der Waals surface area contributed by atoms with E-state index in [-0.39, 0.29) is 5.91 Å². The molecule has 6 heteroatoms. The molecule has 2 aromatic heterocycles. The smallest absolute Gasteiger partial charge is 0.261 e. The average Bonchev–Trinajstić information content (AvgIpc) is 2.88. The van der Waals surface area contributed by atoms with Gasteiger partial charge in [-0.3, -0.25) is 14.5 Å². The molecule has 112 valence electrons. The second-order valence-corrected chi connectivity index (χ2v) is 4.76. The number of aryl methyl sites for hydroxylation is 1. The highest BCUT2D eigenvalue weighted by Crippen LogP contribution is 2.18. The standard InChI is InChI=1S/C15H21N5O/c1-3-19(13-5-8-17-9-6-13)15(21)14-11-18-20(12(14)2)10-4-7-16/h5-6,8-9,11H,3-4,7,10,16H2,1-2H3. The number of anilines is 1. The van der Waals surface area contributed by atoms with Gasteiger partial charge in [0.15, 0.2) is 0 Å². The number of carbonyl (C=O) groups is 1. The van der Waals surface area contributed by atoms with Crippen molar-refractivity contribution in [3.05, 3.63) is 42.0 Å². The predicted octanol–water partition coefficient (Wildman–Crippen LogP) is 1.60. The van der Waals surface area contributed by atoms with Gasteiger partial charge in [0.1, 0.15) is 0 Å². The Bertz CT molecular complexity index is 593. The molecule has 0 unspecified atom stereocenters. The maximum Gasteiger partial charge on any atom is 0.261 e. The number of rotatable bonds is 6. The molecule has 0 fully saturated rings. The van der Waals surface area contributed by atoms with Crippen LogP contribution in [-0.4, -0.2) is 33.8 Å². The van der Waals surface area contributed by atoms with Crippen molar-refractivity contribution in [1.82, 2.24) is 14.8 Å². The molecule has 0 aliphatic carbocycles. The van der Waals surface area contributed by atoms with Gasteiger partial charge in [-0.15, -0.1) is 0 Å². The van der Waals surface area contributed by atoms with Gasteiger partial charge in [0.05, 0.1) is 11.8 Å². The highest BCUT2D eigenvalue weighted by Gasteiger charge is 2.20. The van der Waals surface area contributed by atoms with Crippen molar-refractivity contribution < 1.29 is 4.79 Å². The van der Waals surface area contributed by atoms with Crippen molar-refractivity contribution in [2.45, 2.75) is 26.8 Å². The van der Waals surface area contributed by atoms with E-state index in [1.165, 1.54) is 0 Å². The van der Waals surface area contributed by atoms with E-state index in [4.69, 9.17) is 5.73 Å². The van der Waals surface area contributed by atoms with E-state index in [0.29, 0.717) is 18.7 Å². The normalized spacial score (nSPS) is 10.6. The summed E-state index contributed by atoms with van der Waals surface area (Å²) in [5, 5.41) is 4.29. The molecule has 2 rings (SSSR count). The molecule has 21 heavy (non-hydrogen) atoms. The SMILES string of the molecule is CCN(C(=O)c1cnn(CCCN)c1C)c1ccncc1. The van der Waals surface area contributed by atoms with Crippen molar-refractivity contribution in [3.8, 4) is 0 Å². The molecule has 2 heterocycles. The van der Waals surface area contributed by atoms with Gasteiger partial charge < -0.3 is 10.6 Å². The van der Waals surface area contributed by atoms with Crippen LogP contribution in [0.15, 0.2) is 30.7 Å². The Balaban J connectivity index is 2.24. The zero-order chi connectivity index (χ0) is 15.2. The number of amides is 1. The molecule has 1 amide bonds. The lowest BCUT2D eigenvalue weighted by molar-refractivity contribution is 0.0987. The molecule has 0 saturated heterocycles. The lowest BCUT2D eigenvalue weighted by Gasteiger charge is -2.20. The van der Waals surface area contributed by atoms with Gasteiger partial charge in [-0.1, -0.05) is 0 Å². The fourth-order valence-corrected chi connectivity index (χ4v) is 2.24. The first-order valence-electron chi connectivity index (χ1n) is 7.13. The number of nitrogens with zero attached hydrogens (tertiary/aromatic N) is 4. The van der Waals surface area contributed by atoms with Gasteiger partial charge in [0.2, 0.25) is 0 Å². The number of hydrogen-bond donors (Lipinski definition) is 1. The Kier molecular flexibility index (Phi) is 5.05. The molecule has 0 radical (unpaired) electrons. The highest BCUT2D eigenvalue weighted by molar-refractivity contribution is 6.06. The van der Waals surface area contributed by atoms with E-state index in [0.717, 1.165) is 24.3 Å². The van der Waals surface area contributed by atoms with Crippen molar-refractivity contribution >= 4 is 11.6 Å². The molecule has 2 N–H and O–H groups in total. The lowest BCUT2D eigenvalue weighted by Crippen LogP contribution is -2.31. The first-order valence-corrected chi connectivity index (χ1v) is 7.13. The van der Waals surface area contributed by atoms with Crippen LogP contribution < -0.4 is 10.6 Å². The first kappa shape index (κ1) is 15.2. The van der Waals surface area contributed by atoms with E-state index in [9.17, 15) is 4.79 Å². The van der Waals surface area contributed by atoms with Crippen molar-refractivity contribution in [2.24, 2.45) is 5.73 Å². The Morgan fingerprint density at radius 3 is 2.71 bits per heavy atom. The van der Waals surface area contributed by atoms with Crippen LogP contribution >= 0.6 is 0 Å². The summed E-state index contributed by atoms with van der Waals surface area (Å²) in [6.45, 7) is 5.80. The van der Waals surface area contributed by atoms with Crippen LogP contribution in [0.3, 0.4) is 0 Å². The molecule has 0 spiro atoms. The Hall–Kier alpha value is -2.21. The van der Waals surface area contributed by atoms with E-state index >= 15 is 0 Å². The molecule has 0 saturated carbocycles. The zero-order valence-electron chi connectivity index (χ0n) is 12.5. The Morgan fingerprint density at radius 2 is 2.10 bits per heavy atom. The van der Waals surface area contributed by atoms with Crippen LogP contribution in [0, 0.1) is 6.92 Å². The van der Waals surface area contributed by atoms with Gasteiger partial charge in [-0.25, -0.2) is 0 Å². The van der Waals surface area contributed by atoms with Crippen molar-refractivity contribution in [3.63, 3.8) is 0 Å². The van der Waals surface area contributed by atoms with Crippen LogP contribution in [0.2, 0.25) is 0 Å². The highest BCUT2D eigenvalue weighted by atomic mass is 16.2. The molecule has 0 aromatic carbocycles. The topological polar surface area (TPSA) is 77.0 Å². The Morgan fingerprint density at radius 1 is 1.38 bits per heavy atom. The molecule has 6 nitrogen and oxygen atoms in total. The molecular formula is C15H21N5O. The van der Waals surface area contributed by atoms with Gasteiger partial charge in [-0.2, -0.15) is 5.10 Å². The van der Waals surface area contributed by atoms with Crippen LogP contribution in [0.25, 0.3) is 0 Å². The third-order valence-electron chi connectivity index (χ3n) is 3.44. The number of carbonyl (C=O) groups excluding carboxylic acids is 1. The monoisotopic (exact) mass is 287 g/mol. The first-order chi connectivity index (χ1) is 10.2. The summed E-state index contributed by atoms with van der Waals surface area (Å²) in [7, 11) is 0. The molecular weight excluding hydrogens is 266 g/mol. The molecule has 0 atom stereocenters. The van der Waals surface area contributed by atoms with E-state index in [2.05, 4.69) is 10.1 Å². The van der Waals surface area contributed by atoms with Crippen LogP contribution in [0.4, 0.5) is 5.69 Å². The number of hydrogen-bond acceptors (Lipinski definition) is 4. The molecule has 0 aliphatic rings. The second-order valence-electron chi connectivity index (χ2n) is 4.76. The van der Waals surface area contributed by atoms with E-state index in [1.54, 1.807) is 23.5 Å². The van der Waals surface area contributed by atoms with E-state index in [1.807, 2.05) is 30.7 Å². The fourth-order valence-electron chi connectivity index (χ4n) is 2.24. The summed E-state index contributed by atoms with van der Waals surface area (Å²) in [6, 6.07) is 3.66. The summed E-state index contributed by atoms with van der Waals surface area (Å²) >= 11 is 0. The number of pyridine rings is 1. The number of aromatic nitrogens is 3. The maximum absolute atomic E-state index is 12.7. The van der Waals surface area contributed by atoms with Crippen LogP contribution in [-0.2, 0) is 6.54 Å². The molecule has 2 aromatic rings. The second kappa shape index (κ2) is 6.99. The minimum atomic E-state index is -0.0415. The van der Waals surface area contributed by atoms with Gasteiger partial charge in [0.25, 0.3) is 5.91 Å². The average molecular weight is 287 g/mol. The quantitative estimate of drug-likeness (QED) is 0.875. The maximum atomic E-state index is 12.7. The third-order valence-corrected chi connectivity index (χ3v) is 3.44. The summed E-state index contributed by atoms with van der Waals surface area (Å²) in [5.74, 6) is -0.0415. The van der Waals surface area contributed by atoms with E-state index < -0.39 is 0 Å². The van der Waals surface area contributed by atoms with Crippen molar-refractivity contribution in [2.75, 3.05) is 18.0 Å². The summed E-state index contributed by atoms with van der Waals surface area (Å²) < 4.78 is 1.83. The minimum Gasteiger partial charge on any atom is -0.330 e. The van der Waals surface area contributed by atoms with Gasteiger partial charge in [-0.05, 0) is 38.9 Å². The van der Waals surface area contributed by atoms with Gasteiger partial charge in [0, 0.05) is 36.9 Å². The zero-order valence-corrected chi connectivity index (χ0v) is 12.5. The minimum absolute atomic E-state index is 0.0415. The van der Waals surface area contributed by atoms with Crippen LogP contribution in [0.5, 0.6) is 0 Å². The lowest BCUT2D eigenvalue weighted by atomic mass is 10.2. The summed E-state index contributed by atoms with van der Waals surface area (Å²) in [6.07, 6.45) is 5.85. The van der Waals surface area contributed by atoms with Crippen molar-refractivity contribution in [1.29, 1.82) is 0 Å².